The number of ether oxygens (including phenoxy) is 3. The molecule has 0 bridgehead atoms. The molecule has 0 aliphatic carbocycles. The summed E-state index contributed by atoms with van der Waals surface area (Å²) in [6.45, 7) is 3.58. The van der Waals surface area contributed by atoms with Crippen LogP contribution in [-0.4, -0.2) is 31.4 Å². The fourth-order valence-electron chi connectivity index (χ4n) is 3.09. The first kappa shape index (κ1) is 24.5. The predicted octanol–water partition coefficient (Wildman–Crippen LogP) is 5.25. The number of Topliss-reactive ketones (excluding diaryl/α,β-unsaturated/α-hetero) is 1. The molecule has 0 saturated carbocycles. The molecule has 3 rings (SSSR count). The number of benzene rings is 3. The number of hydrogen-bond donors (Lipinski definition) is 1. The Hall–Kier alpha value is -4.13. The molecule has 1 N–H and O–H groups in total. The largest absolute Gasteiger partial charge is 0.497 e. The molecule has 34 heavy (non-hydrogen) atoms. The lowest BCUT2D eigenvalue weighted by atomic mass is 10.1. The summed E-state index contributed by atoms with van der Waals surface area (Å²) in [6, 6.07) is 19.5. The average molecular weight is 462 g/mol. The highest BCUT2D eigenvalue weighted by Gasteiger charge is 2.13. The van der Waals surface area contributed by atoms with Crippen LogP contribution in [-0.2, 0) is 14.3 Å². The van der Waals surface area contributed by atoms with Crippen molar-refractivity contribution in [2.45, 2.75) is 26.7 Å². The minimum atomic E-state index is -0.622. The van der Waals surface area contributed by atoms with Gasteiger partial charge in [-0.2, -0.15) is 0 Å². The van der Waals surface area contributed by atoms with Crippen LogP contribution in [0.25, 0.3) is 0 Å². The van der Waals surface area contributed by atoms with Gasteiger partial charge in [0, 0.05) is 17.7 Å². The fraction of sp³-hybridized carbons (Fsp3) is 0.222. The number of ketones is 1. The summed E-state index contributed by atoms with van der Waals surface area (Å²) in [5.74, 6) is 0.665. The number of methoxy groups -OCH3 is 1. The Labute approximate surface area is 198 Å². The Kier molecular flexibility index (Phi) is 8.40. The van der Waals surface area contributed by atoms with Gasteiger partial charge in [-0.25, -0.2) is 0 Å². The van der Waals surface area contributed by atoms with Gasteiger partial charge in [0.15, 0.2) is 12.4 Å². The highest BCUT2D eigenvalue weighted by Crippen LogP contribution is 2.27. The number of rotatable bonds is 10. The first-order chi connectivity index (χ1) is 16.3. The van der Waals surface area contributed by atoms with Gasteiger partial charge in [0.2, 0.25) is 5.91 Å². The Morgan fingerprint density at radius 1 is 0.853 bits per heavy atom. The SMILES string of the molecule is COc1cccc(C(=O)COC(=O)CCC(=O)Nc2ccc(Oc3cc(C)ccc3C)cc2)c1. The van der Waals surface area contributed by atoms with Crippen molar-refractivity contribution in [3.05, 3.63) is 83.4 Å². The minimum Gasteiger partial charge on any atom is -0.497 e. The summed E-state index contributed by atoms with van der Waals surface area (Å²) < 4.78 is 16.0. The van der Waals surface area contributed by atoms with Gasteiger partial charge in [-0.3, -0.25) is 14.4 Å². The van der Waals surface area contributed by atoms with Crippen LogP contribution < -0.4 is 14.8 Å². The van der Waals surface area contributed by atoms with Gasteiger partial charge in [0.1, 0.15) is 17.2 Å². The van der Waals surface area contributed by atoms with Crippen LogP contribution in [0.2, 0.25) is 0 Å². The Morgan fingerprint density at radius 2 is 1.62 bits per heavy atom. The van der Waals surface area contributed by atoms with Crippen LogP contribution in [0, 0.1) is 13.8 Å². The van der Waals surface area contributed by atoms with E-state index in [4.69, 9.17) is 14.2 Å². The molecule has 0 radical (unpaired) electrons. The van der Waals surface area contributed by atoms with E-state index in [1.165, 1.54) is 7.11 Å². The summed E-state index contributed by atoms with van der Waals surface area (Å²) in [5, 5.41) is 2.73. The second-order valence-corrected chi connectivity index (χ2v) is 7.76. The molecule has 7 heteroatoms. The monoisotopic (exact) mass is 461 g/mol. The molecule has 176 valence electrons. The number of anilines is 1. The summed E-state index contributed by atoms with van der Waals surface area (Å²) in [4.78, 5) is 36.3. The summed E-state index contributed by atoms with van der Waals surface area (Å²) >= 11 is 0. The molecule has 0 aromatic heterocycles. The topological polar surface area (TPSA) is 90.9 Å². The lowest BCUT2D eigenvalue weighted by Crippen LogP contribution is -2.17. The second kappa shape index (κ2) is 11.7. The molecule has 0 fully saturated rings. The van der Waals surface area contributed by atoms with Crippen LogP contribution in [0.5, 0.6) is 17.2 Å². The number of carbonyl (C=O) groups excluding carboxylic acids is 3. The van der Waals surface area contributed by atoms with E-state index in [1.807, 2.05) is 32.0 Å². The van der Waals surface area contributed by atoms with Crippen molar-refractivity contribution in [1.82, 2.24) is 0 Å². The third-order valence-corrected chi connectivity index (χ3v) is 5.02. The second-order valence-electron chi connectivity index (χ2n) is 7.76. The highest BCUT2D eigenvalue weighted by atomic mass is 16.5. The van der Waals surface area contributed by atoms with Crippen molar-refractivity contribution in [3.8, 4) is 17.2 Å². The zero-order valence-corrected chi connectivity index (χ0v) is 19.4. The van der Waals surface area contributed by atoms with E-state index in [1.54, 1.807) is 48.5 Å². The number of carbonyl (C=O) groups is 3. The Balaban J connectivity index is 1.42. The molecule has 0 heterocycles. The zero-order valence-electron chi connectivity index (χ0n) is 19.4. The molecule has 3 aromatic carbocycles. The molecule has 0 spiro atoms. The van der Waals surface area contributed by atoms with Crippen molar-refractivity contribution < 1.29 is 28.6 Å². The Bertz CT molecular complexity index is 1170. The van der Waals surface area contributed by atoms with Crippen molar-refractivity contribution in [1.29, 1.82) is 0 Å². The molecular weight excluding hydrogens is 434 g/mol. The van der Waals surface area contributed by atoms with Crippen LogP contribution >= 0.6 is 0 Å². The van der Waals surface area contributed by atoms with Gasteiger partial charge >= 0.3 is 5.97 Å². The van der Waals surface area contributed by atoms with E-state index < -0.39 is 12.6 Å². The van der Waals surface area contributed by atoms with E-state index in [0.717, 1.165) is 16.9 Å². The van der Waals surface area contributed by atoms with E-state index >= 15 is 0 Å². The van der Waals surface area contributed by atoms with Crippen LogP contribution in [0.4, 0.5) is 5.69 Å². The van der Waals surface area contributed by atoms with Crippen molar-refractivity contribution in [2.75, 3.05) is 19.0 Å². The molecule has 3 aromatic rings. The van der Waals surface area contributed by atoms with Crippen molar-refractivity contribution in [3.63, 3.8) is 0 Å². The van der Waals surface area contributed by atoms with Gasteiger partial charge in [0.05, 0.1) is 13.5 Å². The Morgan fingerprint density at radius 3 is 2.35 bits per heavy atom. The number of amides is 1. The maximum absolute atomic E-state index is 12.2. The van der Waals surface area contributed by atoms with Gasteiger partial charge in [-0.1, -0.05) is 24.3 Å². The van der Waals surface area contributed by atoms with Crippen molar-refractivity contribution in [2.24, 2.45) is 0 Å². The van der Waals surface area contributed by atoms with Crippen LogP contribution in [0.15, 0.2) is 66.7 Å². The molecule has 0 aliphatic rings. The molecule has 0 saturated heterocycles. The predicted molar refractivity (Wildman–Crippen MR) is 129 cm³/mol. The first-order valence-corrected chi connectivity index (χ1v) is 10.8. The van der Waals surface area contributed by atoms with Crippen molar-refractivity contribution >= 4 is 23.3 Å². The highest BCUT2D eigenvalue weighted by molar-refractivity contribution is 5.98. The molecule has 0 unspecified atom stereocenters. The van der Waals surface area contributed by atoms with E-state index in [0.29, 0.717) is 22.7 Å². The van der Waals surface area contributed by atoms with Gasteiger partial charge in [0.25, 0.3) is 0 Å². The molecular formula is C27H27NO6. The van der Waals surface area contributed by atoms with Crippen LogP contribution in [0.1, 0.15) is 34.3 Å². The minimum absolute atomic E-state index is 0.0626. The van der Waals surface area contributed by atoms with E-state index in [-0.39, 0.29) is 24.5 Å². The third kappa shape index (κ3) is 7.20. The normalized spacial score (nSPS) is 10.3. The fourth-order valence-corrected chi connectivity index (χ4v) is 3.09. The maximum Gasteiger partial charge on any atom is 0.306 e. The van der Waals surface area contributed by atoms with Gasteiger partial charge < -0.3 is 19.5 Å². The summed E-state index contributed by atoms with van der Waals surface area (Å²) in [6.07, 6.45) is -0.196. The van der Waals surface area contributed by atoms with Gasteiger partial charge in [-0.05, 0) is 67.4 Å². The van der Waals surface area contributed by atoms with Gasteiger partial charge in [-0.15, -0.1) is 0 Å². The van der Waals surface area contributed by atoms with E-state index in [9.17, 15) is 14.4 Å². The lowest BCUT2D eigenvalue weighted by Gasteiger charge is -2.11. The lowest BCUT2D eigenvalue weighted by molar-refractivity contribution is -0.143. The number of hydrogen-bond acceptors (Lipinski definition) is 6. The van der Waals surface area contributed by atoms with Crippen LogP contribution in [0.3, 0.4) is 0 Å². The maximum atomic E-state index is 12.2. The first-order valence-electron chi connectivity index (χ1n) is 10.8. The standard InChI is InChI=1S/C27H27NO6/c1-18-7-8-19(2)25(15-18)34-22-11-9-21(10-12-22)28-26(30)13-14-27(31)33-17-24(29)20-5-4-6-23(16-20)32-3/h4-12,15-16H,13-14,17H2,1-3H3,(H,28,30). The number of aryl methyl sites for hydroxylation is 2. The zero-order chi connectivity index (χ0) is 24.5. The number of esters is 1. The molecule has 1 amide bonds. The quantitative estimate of drug-likeness (QED) is 0.328. The average Bonchev–Trinajstić information content (AvgIpc) is 2.84. The summed E-state index contributed by atoms with van der Waals surface area (Å²) in [5.41, 5.74) is 3.10. The van der Waals surface area contributed by atoms with E-state index in [2.05, 4.69) is 5.32 Å². The summed E-state index contributed by atoms with van der Waals surface area (Å²) in [7, 11) is 1.50. The molecule has 0 aliphatic heterocycles. The smallest absolute Gasteiger partial charge is 0.306 e. The molecule has 7 nitrogen and oxygen atoms in total. The molecule has 0 atom stereocenters. The number of nitrogens with one attached hydrogen (secondary N) is 1. The third-order valence-electron chi connectivity index (χ3n) is 5.02.